The van der Waals surface area contributed by atoms with E-state index in [1.54, 1.807) is 12.1 Å². The maximum absolute atomic E-state index is 9.55. The van der Waals surface area contributed by atoms with Crippen molar-refractivity contribution < 1.29 is 0 Å². The highest BCUT2D eigenvalue weighted by Crippen LogP contribution is 2.39. The fraction of sp³-hybridized carbons (Fsp3) is 0.263. The molecule has 0 radical (unpaired) electrons. The third-order valence-corrected chi connectivity index (χ3v) is 4.06. The quantitative estimate of drug-likeness (QED) is 0.858. The first kappa shape index (κ1) is 16.4. The molecule has 0 aliphatic rings. The third-order valence-electron chi connectivity index (χ3n) is 4.06. The summed E-state index contributed by atoms with van der Waals surface area (Å²) in [5, 5.41) is 19.0. The number of anilines is 3. The van der Waals surface area contributed by atoms with Crippen LogP contribution >= 0.6 is 0 Å². The van der Waals surface area contributed by atoms with Crippen molar-refractivity contribution in [3.05, 3.63) is 53.1 Å². The minimum absolute atomic E-state index is 0.560. The topological polar surface area (TPSA) is 54.1 Å². The van der Waals surface area contributed by atoms with Crippen LogP contribution in [0.5, 0.6) is 0 Å². The van der Waals surface area contributed by atoms with Gasteiger partial charge in [0.2, 0.25) is 0 Å². The lowest BCUT2D eigenvalue weighted by molar-refractivity contribution is 0.959. The van der Waals surface area contributed by atoms with Crippen LogP contribution in [0.15, 0.2) is 36.4 Å². The summed E-state index contributed by atoms with van der Waals surface area (Å²) in [4.78, 5) is 4.00. The Kier molecular flexibility index (Phi) is 4.88. The molecule has 0 bridgehead atoms. The van der Waals surface area contributed by atoms with E-state index in [4.69, 9.17) is 0 Å². The highest BCUT2D eigenvalue weighted by molar-refractivity contribution is 5.86. The number of hydrogen-bond acceptors (Lipinski definition) is 4. The van der Waals surface area contributed by atoms with E-state index in [-0.39, 0.29) is 0 Å². The summed E-state index contributed by atoms with van der Waals surface area (Å²) in [7, 11) is 3.87. The Hall–Kier alpha value is -2.98. The molecule has 2 aromatic rings. The van der Waals surface area contributed by atoms with Gasteiger partial charge in [-0.1, -0.05) is 18.2 Å². The third kappa shape index (κ3) is 2.98. The number of nitrogens with zero attached hydrogens (tertiary/aromatic N) is 4. The lowest BCUT2D eigenvalue weighted by Gasteiger charge is -2.30. The van der Waals surface area contributed by atoms with Gasteiger partial charge in [0.15, 0.2) is 0 Å². The molecule has 0 heterocycles. The maximum Gasteiger partial charge on any atom is 0.101 e. The number of benzene rings is 2. The normalized spacial score (nSPS) is 9.83. The fourth-order valence-electron chi connectivity index (χ4n) is 2.70. The number of hydrogen-bond donors (Lipinski definition) is 0. The van der Waals surface area contributed by atoms with Crippen LogP contribution in [0.3, 0.4) is 0 Å². The molecule has 0 saturated heterocycles. The molecule has 2 aromatic carbocycles. The van der Waals surface area contributed by atoms with Gasteiger partial charge in [-0.25, -0.2) is 0 Å². The Morgan fingerprint density at radius 1 is 0.913 bits per heavy atom. The molecular weight excluding hydrogens is 284 g/mol. The van der Waals surface area contributed by atoms with Gasteiger partial charge in [-0.05, 0) is 37.6 Å². The van der Waals surface area contributed by atoms with Gasteiger partial charge in [-0.15, -0.1) is 0 Å². The van der Waals surface area contributed by atoms with Gasteiger partial charge in [-0.3, -0.25) is 0 Å². The van der Waals surface area contributed by atoms with Crippen molar-refractivity contribution in [3.63, 3.8) is 0 Å². The van der Waals surface area contributed by atoms with E-state index >= 15 is 0 Å². The van der Waals surface area contributed by atoms with Gasteiger partial charge in [0.05, 0.1) is 22.5 Å². The van der Waals surface area contributed by atoms with E-state index in [0.717, 1.165) is 29.2 Å². The van der Waals surface area contributed by atoms with Gasteiger partial charge in [0, 0.05) is 26.3 Å². The van der Waals surface area contributed by atoms with Gasteiger partial charge >= 0.3 is 0 Å². The Balaban J connectivity index is 2.76. The first-order valence-corrected chi connectivity index (χ1v) is 7.52. The predicted octanol–water partition coefficient (Wildman–Crippen LogP) is 3.96. The van der Waals surface area contributed by atoms with E-state index in [1.807, 2.05) is 62.0 Å². The maximum atomic E-state index is 9.55. The molecule has 0 N–H and O–H groups in total. The van der Waals surface area contributed by atoms with E-state index in [9.17, 15) is 10.5 Å². The molecule has 0 unspecified atom stereocenters. The Morgan fingerprint density at radius 3 is 2.00 bits per heavy atom. The zero-order valence-electron chi connectivity index (χ0n) is 14.0. The molecule has 0 amide bonds. The first-order valence-electron chi connectivity index (χ1n) is 7.52. The molecule has 0 aliphatic carbocycles. The van der Waals surface area contributed by atoms with Crippen LogP contribution in [0, 0.1) is 29.6 Å². The van der Waals surface area contributed by atoms with Crippen LogP contribution in [-0.2, 0) is 0 Å². The van der Waals surface area contributed by atoms with Crippen molar-refractivity contribution in [2.45, 2.75) is 13.8 Å². The minimum Gasteiger partial charge on any atom is -0.372 e. The first-order chi connectivity index (χ1) is 11.0. The molecule has 0 spiro atoms. The van der Waals surface area contributed by atoms with E-state index in [2.05, 4.69) is 12.1 Å². The second kappa shape index (κ2) is 6.85. The van der Waals surface area contributed by atoms with E-state index in [0.29, 0.717) is 11.1 Å². The van der Waals surface area contributed by atoms with Crippen molar-refractivity contribution >= 4 is 17.1 Å². The fourth-order valence-corrected chi connectivity index (χ4v) is 2.70. The molecule has 0 atom stereocenters. The van der Waals surface area contributed by atoms with Crippen LogP contribution in [-0.4, -0.2) is 20.6 Å². The largest absolute Gasteiger partial charge is 0.372 e. The van der Waals surface area contributed by atoms with Crippen LogP contribution in [0.4, 0.5) is 17.1 Å². The van der Waals surface area contributed by atoms with E-state index < -0.39 is 0 Å². The van der Waals surface area contributed by atoms with Crippen LogP contribution in [0.2, 0.25) is 0 Å². The molecule has 4 heteroatoms. The van der Waals surface area contributed by atoms with Crippen molar-refractivity contribution in [3.8, 4) is 12.1 Å². The lowest BCUT2D eigenvalue weighted by Crippen LogP contribution is -2.22. The van der Waals surface area contributed by atoms with Gasteiger partial charge in [0.1, 0.15) is 12.1 Å². The van der Waals surface area contributed by atoms with Crippen molar-refractivity contribution in [2.24, 2.45) is 0 Å². The summed E-state index contributed by atoms with van der Waals surface area (Å²) in [6, 6.07) is 16.0. The minimum atomic E-state index is 0.560. The Morgan fingerprint density at radius 2 is 1.48 bits per heavy atom. The van der Waals surface area contributed by atoms with Gasteiger partial charge in [0.25, 0.3) is 0 Å². The average molecular weight is 304 g/mol. The Bertz CT molecular complexity index is 796. The molecular formula is C19H20N4. The molecule has 0 fully saturated rings. The highest BCUT2D eigenvalue weighted by Gasteiger charge is 2.21. The second-order valence-electron chi connectivity index (χ2n) is 5.44. The zero-order valence-corrected chi connectivity index (χ0v) is 14.0. The number of para-hydroxylation sites is 1. The van der Waals surface area contributed by atoms with Gasteiger partial charge < -0.3 is 9.80 Å². The SMILES string of the molecule is CCN(C)c1c(C#N)ccc(C#N)c1N(C)c1ccccc1C. The highest BCUT2D eigenvalue weighted by atomic mass is 15.2. The van der Waals surface area contributed by atoms with Gasteiger partial charge in [-0.2, -0.15) is 10.5 Å². The molecule has 2 rings (SSSR count). The monoisotopic (exact) mass is 304 g/mol. The summed E-state index contributed by atoms with van der Waals surface area (Å²) in [5.41, 5.74) is 4.83. The molecule has 116 valence electrons. The molecule has 0 saturated carbocycles. The van der Waals surface area contributed by atoms with Crippen LogP contribution in [0.25, 0.3) is 0 Å². The summed E-state index contributed by atoms with van der Waals surface area (Å²) in [6.07, 6.45) is 0. The van der Waals surface area contributed by atoms with Crippen LogP contribution < -0.4 is 9.80 Å². The average Bonchev–Trinajstić information content (AvgIpc) is 2.59. The van der Waals surface area contributed by atoms with Crippen LogP contribution in [0.1, 0.15) is 23.6 Å². The number of rotatable bonds is 4. The number of nitriles is 2. The number of aryl methyl sites for hydroxylation is 1. The lowest BCUT2D eigenvalue weighted by atomic mass is 10.0. The second-order valence-corrected chi connectivity index (χ2v) is 5.44. The van der Waals surface area contributed by atoms with Crippen molar-refractivity contribution in [1.29, 1.82) is 10.5 Å². The predicted molar refractivity (Wildman–Crippen MR) is 94.1 cm³/mol. The summed E-state index contributed by atoms with van der Waals surface area (Å²) in [6.45, 7) is 4.81. The smallest absolute Gasteiger partial charge is 0.101 e. The van der Waals surface area contributed by atoms with E-state index in [1.165, 1.54) is 0 Å². The summed E-state index contributed by atoms with van der Waals surface area (Å²) in [5.74, 6) is 0. The van der Waals surface area contributed by atoms with Crippen molar-refractivity contribution in [2.75, 3.05) is 30.4 Å². The molecule has 0 aliphatic heterocycles. The zero-order chi connectivity index (χ0) is 17.0. The Labute approximate surface area is 137 Å². The molecule has 23 heavy (non-hydrogen) atoms. The van der Waals surface area contributed by atoms with Crippen molar-refractivity contribution in [1.82, 2.24) is 0 Å². The molecule has 4 nitrogen and oxygen atoms in total. The molecule has 0 aromatic heterocycles. The summed E-state index contributed by atoms with van der Waals surface area (Å²) < 4.78 is 0. The standard InChI is InChI=1S/C19H20N4/c1-5-22(3)18-15(12-20)10-11-16(13-21)19(18)23(4)17-9-7-6-8-14(17)2/h6-11H,5H2,1-4H3. The summed E-state index contributed by atoms with van der Waals surface area (Å²) >= 11 is 0.